The van der Waals surface area contributed by atoms with Crippen molar-refractivity contribution in [1.29, 1.82) is 0 Å². The summed E-state index contributed by atoms with van der Waals surface area (Å²) < 4.78 is 11.9. The highest BCUT2D eigenvalue weighted by Gasteiger charge is 2.30. The lowest BCUT2D eigenvalue weighted by Gasteiger charge is -2.37. The predicted molar refractivity (Wildman–Crippen MR) is 143 cm³/mol. The quantitative estimate of drug-likeness (QED) is 0.238. The lowest BCUT2D eigenvalue weighted by Crippen LogP contribution is -2.27. The van der Waals surface area contributed by atoms with E-state index in [-0.39, 0.29) is 0 Å². The minimum absolute atomic E-state index is 0.392. The maximum Gasteiger partial charge on any atom is 0.189 e. The van der Waals surface area contributed by atoms with Gasteiger partial charge in [0.1, 0.15) is 5.75 Å². The first-order valence-corrected chi connectivity index (χ1v) is 15.1. The Labute approximate surface area is 210 Å². The Hall–Kier alpha value is -1.02. The van der Waals surface area contributed by atoms with Crippen LogP contribution >= 0.6 is 0 Å². The largest absolute Gasteiger partial charge is 0.468 e. The van der Waals surface area contributed by atoms with Crippen molar-refractivity contribution in [3.8, 4) is 5.75 Å². The summed E-state index contributed by atoms with van der Waals surface area (Å²) in [6.45, 7) is 5.92. The average molecular weight is 469 g/mol. The van der Waals surface area contributed by atoms with E-state index < -0.39 is 0 Å². The summed E-state index contributed by atoms with van der Waals surface area (Å²) in [6.07, 6.45) is 22.7. The maximum atomic E-state index is 5.96. The molecule has 3 aliphatic carbocycles. The zero-order valence-corrected chi connectivity index (χ0v) is 22.3. The minimum Gasteiger partial charge on any atom is -0.468 e. The molecule has 192 valence electrons. The van der Waals surface area contributed by atoms with Crippen LogP contribution in [0.15, 0.2) is 24.3 Å². The van der Waals surface area contributed by atoms with Gasteiger partial charge in [-0.3, -0.25) is 0 Å². The van der Waals surface area contributed by atoms with Crippen LogP contribution in [0.1, 0.15) is 128 Å². The lowest BCUT2D eigenvalue weighted by molar-refractivity contribution is -0.0131. The topological polar surface area (TPSA) is 18.5 Å². The van der Waals surface area contributed by atoms with Crippen LogP contribution in [-0.2, 0) is 4.74 Å². The Morgan fingerprint density at radius 2 is 1.12 bits per heavy atom. The monoisotopic (exact) mass is 468 g/mol. The second-order valence-electron chi connectivity index (χ2n) is 12.1. The smallest absolute Gasteiger partial charge is 0.189 e. The molecule has 0 aliphatic heterocycles. The summed E-state index contributed by atoms with van der Waals surface area (Å²) in [4.78, 5) is 0. The highest BCUT2D eigenvalue weighted by Crippen LogP contribution is 2.42. The third-order valence-electron chi connectivity index (χ3n) is 9.70. The molecule has 0 amide bonds. The molecule has 0 bridgehead atoms. The first kappa shape index (κ1) is 26.1. The number of benzene rings is 1. The van der Waals surface area contributed by atoms with E-state index in [1.807, 2.05) is 0 Å². The predicted octanol–water partition coefficient (Wildman–Crippen LogP) is 9.53. The second kappa shape index (κ2) is 13.9. The van der Waals surface area contributed by atoms with Gasteiger partial charge in [0.05, 0.1) is 6.61 Å². The van der Waals surface area contributed by atoms with Gasteiger partial charge in [0.25, 0.3) is 0 Å². The van der Waals surface area contributed by atoms with E-state index in [2.05, 4.69) is 38.1 Å². The summed E-state index contributed by atoms with van der Waals surface area (Å²) >= 11 is 0. The molecule has 0 radical (unpaired) electrons. The van der Waals surface area contributed by atoms with E-state index in [1.165, 1.54) is 108 Å². The van der Waals surface area contributed by atoms with Crippen molar-refractivity contribution in [2.75, 3.05) is 13.4 Å². The van der Waals surface area contributed by atoms with E-state index in [0.29, 0.717) is 6.79 Å². The summed E-state index contributed by atoms with van der Waals surface area (Å²) in [7, 11) is 0. The van der Waals surface area contributed by atoms with Gasteiger partial charge < -0.3 is 9.47 Å². The van der Waals surface area contributed by atoms with Gasteiger partial charge in [-0.15, -0.1) is 0 Å². The normalized spacial score (nSPS) is 32.4. The fourth-order valence-electron chi connectivity index (χ4n) is 7.54. The Kier molecular flexibility index (Phi) is 10.7. The standard InChI is InChI=1S/C32H52O2/c1-3-5-25-7-13-28(14-8-25)30-17-11-27(12-18-30)23-33-24-34-32-21-19-31(20-22-32)29-15-9-26(6-4-2)10-16-29/h19-22,25-30H,3-18,23-24H2,1-2H3. The van der Waals surface area contributed by atoms with Crippen LogP contribution in [0.4, 0.5) is 0 Å². The first-order valence-electron chi connectivity index (χ1n) is 15.1. The Morgan fingerprint density at radius 1 is 0.618 bits per heavy atom. The van der Waals surface area contributed by atoms with Gasteiger partial charge in [0, 0.05) is 0 Å². The van der Waals surface area contributed by atoms with E-state index in [1.54, 1.807) is 0 Å². The van der Waals surface area contributed by atoms with Gasteiger partial charge in [-0.05, 0) is 117 Å². The van der Waals surface area contributed by atoms with Crippen molar-refractivity contribution in [2.45, 2.75) is 122 Å². The van der Waals surface area contributed by atoms with E-state index in [4.69, 9.17) is 9.47 Å². The summed E-state index contributed by atoms with van der Waals surface area (Å²) in [5.74, 6) is 6.46. The molecule has 0 unspecified atom stereocenters. The van der Waals surface area contributed by atoms with Gasteiger partial charge >= 0.3 is 0 Å². The van der Waals surface area contributed by atoms with Crippen molar-refractivity contribution in [3.63, 3.8) is 0 Å². The van der Waals surface area contributed by atoms with Crippen LogP contribution in [0.25, 0.3) is 0 Å². The molecule has 4 rings (SSSR count). The SMILES string of the molecule is CCCC1CCC(c2ccc(OCOCC3CCC(C4CCC(CCC)CC4)CC3)cc2)CC1. The van der Waals surface area contributed by atoms with Crippen LogP contribution in [0.5, 0.6) is 5.75 Å². The molecule has 1 aromatic carbocycles. The molecule has 3 saturated carbocycles. The van der Waals surface area contributed by atoms with Gasteiger partial charge in [-0.1, -0.05) is 64.5 Å². The molecular weight excluding hydrogens is 416 g/mol. The first-order chi connectivity index (χ1) is 16.7. The molecule has 0 aromatic heterocycles. The number of hydrogen-bond acceptors (Lipinski definition) is 2. The van der Waals surface area contributed by atoms with Crippen LogP contribution in [-0.4, -0.2) is 13.4 Å². The van der Waals surface area contributed by atoms with Gasteiger partial charge in [-0.25, -0.2) is 0 Å². The van der Waals surface area contributed by atoms with Gasteiger partial charge in [0.2, 0.25) is 0 Å². The second-order valence-corrected chi connectivity index (χ2v) is 12.1. The number of hydrogen-bond donors (Lipinski definition) is 0. The molecule has 0 saturated heterocycles. The number of rotatable bonds is 11. The highest BCUT2D eigenvalue weighted by molar-refractivity contribution is 5.29. The zero-order chi connectivity index (χ0) is 23.6. The third-order valence-corrected chi connectivity index (χ3v) is 9.70. The van der Waals surface area contributed by atoms with Crippen molar-refractivity contribution in [3.05, 3.63) is 29.8 Å². The lowest BCUT2D eigenvalue weighted by atomic mass is 9.69. The van der Waals surface area contributed by atoms with Crippen molar-refractivity contribution in [1.82, 2.24) is 0 Å². The average Bonchev–Trinajstić information content (AvgIpc) is 2.89. The number of ether oxygens (including phenoxy) is 2. The van der Waals surface area contributed by atoms with Crippen LogP contribution in [0.2, 0.25) is 0 Å². The maximum absolute atomic E-state index is 5.96. The van der Waals surface area contributed by atoms with E-state index in [9.17, 15) is 0 Å². The van der Waals surface area contributed by atoms with Crippen molar-refractivity contribution < 1.29 is 9.47 Å². The Bertz CT molecular complexity index is 659. The van der Waals surface area contributed by atoms with Crippen LogP contribution in [0.3, 0.4) is 0 Å². The zero-order valence-electron chi connectivity index (χ0n) is 22.3. The van der Waals surface area contributed by atoms with Crippen molar-refractivity contribution >= 4 is 0 Å². The summed E-state index contributed by atoms with van der Waals surface area (Å²) in [6, 6.07) is 8.88. The van der Waals surface area contributed by atoms with Crippen molar-refractivity contribution in [2.24, 2.45) is 29.6 Å². The minimum atomic E-state index is 0.392. The third kappa shape index (κ3) is 7.74. The molecule has 3 fully saturated rings. The molecule has 0 atom stereocenters. The highest BCUT2D eigenvalue weighted by atomic mass is 16.7. The molecule has 2 nitrogen and oxygen atoms in total. The molecule has 0 heterocycles. The van der Waals surface area contributed by atoms with Crippen LogP contribution in [0, 0.1) is 29.6 Å². The molecule has 3 aliphatic rings. The molecule has 0 N–H and O–H groups in total. The summed E-state index contributed by atoms with van der Waals surface area (Å²) in [5.41, 5.74) is 1.50. The Balaban J connectivity index is 1.07. The fraction of sp³-hybridized carbons (Fsp3) is 0.812. The Morgan fingerprint density at radius 3 is 1.65 bits per heavy atom. The van der Waals surface area contributed by atoms with Gasteiger partial charge in [-0.2, -0.15) is 0 Å². The van der Waals surface area contributed by atoms with E-state index in [0.717, 1.165) is 47.9 Å². The molecule has 1 aromatic rings. The molecule has 0 spiro atoms. The summed E-state index contributed by atoms with van der Waals surface area (Å²) in [5, 5.41) is 0. The molecular formula is C32H52O2. The van der Waals surface area contributed by atoms with Crippen LogP contribution < -0.4 is 4.74 Å². The molecule has 34 heavy (non-hydrogen) atoms. The van der Waals surface area contributed by atoms with Gasteiger partial charge in [0.15, 0.2) is 6.79 Å². The van der Waals surface area contributed by atoms with E-state index >= 15 is 0 Å². The molecule has 2 heteroatoms. The fourth-order valence-corrected chi connectivity index (χ4v) is 7.54.